The van der Waals surface area contributed by atoms with E-state index in [1.807, 2.05) is 6.07 Å². The van der Waals surface area contributed by atoms with Crippen LogP contribution in [-0.4, -0.2) is 9.78 Å². The Bertz CT molecular complexity index is 1240. The Balaban J connectivity index is 1.88. The van der Waals surface area contributed by atoms with E-state index in [-0.39, 0.29) is 5.88 Å². The second-order valence-corrected chi connectivity index (χ2v) is 6.16. The third kappa shape index (κ3) is 3.26. The van der Waals surface area contributed by atoms with Crippen LogP contribution in [0.15, 0.2) is 66.7 Å². The summed E-state index contributed by atoms with van der Waals surface area (Å²) < 4.78 is 63.2. The maximum absolute atomic E-state index is 14.4. The van der Waals surface area contributed by atoms with Crippen LogP contribution in [0.3, 0.4) is 0 Å². The summed E-state index contributed by atoms with van der Waals surface area (Å²) in [6.45, 7) is 0. The highest BCUT2D eigenvalue weighted by molar-refractivity contribution is 5.61. The lowest BCUT2D eigenvalue weighted by Crippen LogP contribution is -2.06. The maximum Gasteiger partial charge on any atom is 0.223 e. The van der Waals surface area contributed by atoms with Gasteiger partial charge in [-0.15, -0.1) is 0 Å². The molecule has 0 saturated heterocycles. The van der Waals surface area contributed by atoms with E-state index >= 15 is 0 Å². The molecule has 0 fully saturated rings. The first kappa shape index (κ1) is 19.2. The van der Waals surface area contributed by atoms with Gasteiger partial charge in [-0.3, -0.25) is 0 Å². The highest BCUT2D eigenvalue weighted by Crippen LogP contribution is 2.35. The second kappa shape index (κ2) is 7.72. The van der Waals surface area contributed by atoms with Crippen LogP contribution in [0.4, 0.5) is 17.6 Å². The van der Waals surface area contributed by atoms with E-state index < -0.39 is 34.6 Å². The van der Waals surface area contributed by atoms with Gasteiger partial charge in [0.25, 0.3) is 0 Å². The van der Waals surface area contributed by atoms with Crippen molar-refractivity contribution in [3.8, 4) is 34.6 Å². The molecule has 0 aliphatic heterocycles. The van der Waals surface area contributed by atoms with Gasteiger partial charge in [0.2, 0.25) is 23.3 Å². The van der Waals surface area contributed by atoms with Crippen LogP contribution in [0.25, 0.3) is 16.9 Å². The summed E-state index contributed by atoms with van der Waals surface area (Å²) in [6.07, 6.45) is 0. The summed E-state index contributed by atoms with van der Waals surface area (Å²) in [7, 11) is 0. The molecule has 148 valence electrons. The summed E-state index contributed by atoms with van der Waals surface area (Å²) in [5, 5.41) is 13.1. The van der Waals surface area contributed by atoms with Crippen molar-refractivity contribution in [1.82, 2.24) is 9.78 Å². The highest BCUT2D eigenvalue weighted by Gasteiger charge is 2.28. The predicted molar refractivity (Wildman–Crippen MR) is 100 cm³/mol. The molecule has 30 heavy (non-hydrogen) atoms. The van der Waals surface area contributed by atoms with Crippen molar-refractivity contribution in [3.63, 3.8) is 0 Å². The number of hydrogen-bond acceptors (Lipinski definition) is 3. The molecule has 0 saturated carbocycles. The maximum atomic E-state index is 14.4. The molecule has 4 rings (SSSR count). The number of hydrogen-bond donors (Lipinski definition) is 0. The van der Waals surface area contributed by atoms with Crippen LogP contribution in [0, 0.1) is 34.6 Å². The van der Waals surface area contributed by atoms with Gasteiger partial charge in [-0.25, -0.2) is 13.5 Å². The van der Waals surface area contributed by atoms with E-state index in [4.69, 9.17) is 10.00 Å². The van der Waals surface area contributed by atoms with Crippen molar-refractivity contribution in [2.75, 3.05) is 0 Å². The number of halogens is 4. The molecule has 4 nitrogen and oxygen atoms in total. The molecule has 1 aromatic heterocycles. The van der Waals surface area contributed by atoms with Gasteiger partial charge < -0.3 is 4.74 Å². The molecule has 0 bridgehead atoms. The third-order valence-corrected chi connectivity index (χ3v) is 4.29. The Morgan fingerprint density at radius 3 is 1.93 bits per heavy atom. The number of para-hydroxylation sites is 1. The lowest BCUT2D eigenvalue weighted by Gasteiger charge is -2.11. The average molecular weight is 409 g/mol. The number of nitriles is 1. The summed E-state index contributed by atoms with van der Waals surface area (Å²) in [4.78, 5) is 0. The lowest BCUT2D eigenvalue weighted by molar-refractivity contribution is 0.351. The van der Waals surface area contributed by atoms with Crippen LogP contribution in [-0.2, 0) is 0 Å². The smallest absolute Gasteiger partial charge is 0.223 e. The summed E-state index contributed by atoms with van der Waals surface area (Å²) >= 11 is 0. The Kier molecular flexibility index (Phi) is 4.94. The monoisotopic (exact) mass is 409 g/mol. The van der Waals surface area contributed by atoms with E-state index in [1.165, 1.54) is 10.7 Å². The first-order valence-corrected chi connectivity index (χ1v) is 8.66. The first-order chi connectivity index (χ1) is 14.5. The topological polar surface area (TPSA) is 50.8 Å². The van der Waals surface area contributed by atoms with Crippen LogP contribution < -0.4 is 4.74 Å². The third-order valence-electron chi connectivity index (χ3n) is 4.29. The van der Waals surface area contributed by atoms with Gasteiger partial charge in [0.15, 0.2) is 11.6 Å². The molecule has 0 radical (unpaired) electrons. The summed E-state index contributed by atoms with van der Waals surface area (Å²) in [5.74, 6) is -8.77. The molecule has 0 aliphatic rings. The van der Waals surface area contributed by atoms with Gasteiger partial charge in [-0.2, -0.15) is 19.1 Å². The second-order valence-electron chi connectivity index (χ2n) is 6.16. The normalized spacial score (nSPS) is 10.6. The number of nitrogens with zero attached hydrogens (tertiary/aromatic N) is 3. The van der Waals surface area contributed by atoms with Crippen LogP contribution >= 0.6 is 0 Å². The predicted octanol–water partition coefficient (Wildman–Crippen LogP) is 5.76. The molecular weight excluding hydrogens is 398 g/mol. The van der Waals surface area contributed by atoms with Gasteiger partial charge in [-0.1, -0.05) is 48.5 Å². The molecule has 0 spiro atoms. The molecule has 0 unspecified atom stereocenters. The molecular formula is C22H11F4N3O. The van der Waals surface area contributed by atoms with Crippen molar-refractivity contribution in [2.24, 2.45) is 0 Å². The van der Waals surface area contributed by atoms with Gasteiger partial charge >= 0.3 is 0 Å². The fourth-order valence-electron chi connectivity index (χ4n) is 2.84. The highest BCUT2D eigenvalue weighted by atomic mass is 19.2. The zero-order chi connectivity index (χ0) is 21.3. The molecule has 0 amide bonds. The number of aromatic nitrogens is 2. The van der Waals surface area contributed by atoms with Crippen LogP contribution in [0.5, 0.6) is 11.6 Å². The molecule has 3 aromatic carbocycles. The van der Waals surface area contributed by atoms with E-state index in [0.717, 1.165) is 6.07 Å². The van der Waals surface area contributed by atoms with Gasteiger partial charge in [0.05, 0.1) is 11.4 Å². The summed E-state index contributed by atoms with van der Waals surface area (Å²) in [6, 6.07) is 19.9. The Morgan fingerprint density at radius 1 is 0.800 bits per heavy atom. The largest absolute Gasteiger partial charge is 0.432 e. The fourth-order valence-corrected chi connectivity index (χ4v) is 2.84. The van der Waals surface area contributed by atoms with Crippen molar-refractivity contribution in [1.29, 1.82) is 5.26 Å². The molecule has 0 atom stereocenters. The number of ether oxygens (including phenoxy) is 1. The molecule has 0 N–H and O–H groups in total. The quantitative estimate of drug-likeness (QED) is 0.318. The first-order valence-electron chi connectivity index (χ1n) is 8.66. The minimum absolute atomic E-state index is 0.179. The molecule has 4 aromatic rings. The van der Waals surface area contributed by atoms with E-state index in [0.29, 0.717) is 16.9 Å². The molecule has 8 heteroatoms. The van der Waals surface area contributed by atoms with Crippen molar-refractivity contribution in [3.05, 3.63) is 95.6 Å². The SMILES string of the molecule is N#Cc1c(F)c(F)c(Oc2cc(-c3ccccc3)nn2-c2ccccc2)c(F)c1F. The van der Waals surface area contributed by atoms with E-state index in [1.54, 1.807) is 54.6 Å². The van der Waals surface area contributed by atoms with Gasteiger partial charge in [0, 0.05) is 11.6 Å². The van der Waals surface area contributed by atoms with Crippen LogP contribution in [0.1, 0.15) is 5.56 Å². The van der Waals surface area contributed by atoms with Crippen molar-refractivity contribution < 1.29 is 22.3 Å². The standard InChI is InChI=1S/C22H11F4N3O/c23-18-15(12-27)19(24)21(26)22(20(18)25)30-17-11-16(13-7-3-1-4-8-13)28-29(17)14-9-5-2-6-10-14/h1-11H. The lowest BCUT2D eigenvalue weighted by atomic mass is 10.1. The minimum Gasteiger partial charge on any atom is -0.432 e. The van der Waals surface area contributed by atoms with Crippen molar-refractivity contribution in [2.45, 2.75) is 0 Å². The number of benzene rings is 3. The van der Waals surface area contributed by atoms with E-state index in [9.17, 15) is 17.6 Å². The average Bonchev–Trinajstić information content (AvgIpc) is 3.21. The van der Waals surface area contributed by atoms with E-state index in [2.05, 4.69) is 5.10 Å². The Morgan fingerprint density at radius 2 is 1.37 bits per heavy atom. The van der Waals surface area contributed by atoms with Crippen molar-refractivity contribution >= 4 is 0 Å². The van der Waals surface area contributed by atoms with Crippen LogP contribution in [0.2, 0.25) is 0 Å². The van der Waals surface area contributed by atoms with Gasteiger partial charge in [0.1, 0.15) is 11.6 Å². The summed E-state index contributed by atoms with van der Waals surface area (Å²) in [5.41, 5.74) is 0.226. The fraction of sp³-hybridized carbons (Fsp3) is 0. The van der Waals surface area contributed by atoms with Gasteiger partial charge in [-0.05, 0) is 12.1 Å². The number of rotatable bonds is 4. The molecule has 1 heterocycles. The molecule has 0 aliphatic carbocycles. The minimum atomic E-state index is -1.83. The Labute approximate surface area is 168 Å². The Hall–Kier alpha value is -4.12. The zero-order valence-electron chi connectivity index (χ0n) is 15.1. The zero-order valence-corrected chi connectivity index (χ0v) is 15.1.